The normalized spacial score (nSPS) is 16.4. The minimum absolute atomic E-state index is 0.00956. The Bertz CT molecular complexity index is 1180. The van der Waals surface area contributed by atoms with Gasteiger partial charge in [0.1, 0.15) is 0 Å². The third-order valence-corrected chi connectivity index (χ3v) is 7.29. The SMILES string of the molecule is CCOC(=O)CC1CCCCN1S(=O)(=O)c1cccc(NC(=O)c2cccc(N=C(N)N)c2)c1. The van der Waals surface area contributed by atoms with Gasteiger partial charge < -0.3 is 21.5 Å². The van der Waals surface area contributed by atoms with Gasteiger partial charge >= 0.3 is 5.97 Å². The molecule has 1 amide bonds. The number of rotatable bonds is 8. The Labute approximate surface area is 199 Å². The van der Waals surface area contributed by atoms with Crippen LogP contribution in [0.1, 0.15) is 43.0 Å². The molecule has 0 saturated carbocycles. The summed E-state index contributed by atoms with van der Waals surface area (Å²) < 4.78 is 33.2. The van der Waals surface area contributed by atoms with Crippen LogP contribution in [-0.2, 0) is 19.6 Å². The van der Waals surface area contributed by atoms with Gasteiger partial charge in [0.05, 0.1) is 23.6 Å². The zero-order valence-electron chi connectivity index (χ0n) is 18.9. The van der Waals surface area contributed by atoms with Crippen LogP contribution in [0.25, 0.3) is 0 Å². The predicted octanol–water partition coefficient (Wildman–Crippen LogP) is 2.34. The molecule has 1 aliphatic rings. The van der Waals surface area contributed by atoms with Crippen molar-refractivity contribution in [1.29, 1.82) is 0 Å². The first-order valence-corrected chi connectivity index (χ1v) is 12.4. The molecule has 5 N–H and O–H groups in total. The van der Waals surface area contributed by atoms with Gasteiger partial charge in [-0.05, 0) is 56.2 Å². The third-order valence-electron chi connectivity index (χ3n) is 5.35. The number of hydrogen-bond acceptors (Lipinski definition) is 6. The van der Waals surface area contributed by atoms with Gasteiger partial charge in [0.2, 0.25) is 10.0 Å². The quantitative estimate of drug-likeness (QED) is 0.293. The van der Waals surface area contributed by atoms with Gasteiger partial charge in [-0.15, -0.1) is 0 Å². The summed E-state index contributed by atoms with van der Waals surface area (Å²) in [4.78, 5) is 28.7. The van der Waals surface area contributed by atoms with E-state index in [0.717, 1.165) is 6.42 Å². The number of amides is 1. The average Bonchev–Trinajstić information content (AvgIpc) is 2.79. The Morgan fingerprint density at radius 1 is 1.15 bits per heavy atom. The van der Waals surface area contributed by atoms with Crippen LogP contribution in [-0.4, -0.2) is 49.8 Å². The number of carbonyl (C=O) groups excluding carboxylic acids is 2. The molecular weight excluding hydrogens is 458 g/mol. The summed E-state index contributed by atoms with van der Waals surface area (Å²) in [5, 5.41) is 2.71. The highest BCUT2D eigenvalue weighted by atomic mass is 32.2. The number of guanidine groups is 1. The minimum Gasteiger partial charge on any atom is -0.466 e. The number of hydrogen-bond donors (Lipinski definition) is 3. The molecule has 0 aromatic heterocycles. The Morgan fingerprint density at radius 2 is 1.91 bits per heavy atom. The van der Waals surface area contributed by atoms with Gasteiger partial charge in [-0.3, -0.25) is 9.59 Å². The third kappa shape index (κ3) is 6.33. The van der Waals surface area contributed by atoms with Gasteiger partial charge in [-0.25, -0.2) is 13.4 Å². The predicted molar refractivity (Wildman–Crippen MR) is 129 cm³/mol. The largest absolute Gasteiger partial charge is 0.466 e. The first-order valence-electron chi connectivity index (χ1n) is 11.0. The summed E-state index contributed by atoms with van der Waals surface area (Å²) in [6.07, 6.45) is 2.14. The molecule has 1 atom stereocenters. The Hall–Kier alpha value is -3.44. The highest BCUT2D eigenvalue weighted by Gasteiger charge is 2.35. The van der Waals surface area contributed by atoms with E-state index in [1.165, 1.54) is 22.5 Å². The van der Waals surface area contributed by atoms with Crippen LogP contribution < -0.4 is 16.8 Å². The number of aliphatic imine (C=N–C) groups is 1. The Balaban J connectivity index is 1.80. The van der Waals surface area contributed by atoms with Crippen LogP contribution in [0.15, 0.2) is 58.4 Å². The van der Waals surface area contributed by atoms with Gasteiger partial charge in [0.15, 0.2) is 5.96 Å². The highest BCUT2D eigenvalue weighted by molar-refractivity contribution is 7.89. The zero-order chi connectivity index (χ0) is 24.7. The lowest BCUT2D eigenvalue weighted by Gasteiger charge is -2.34. The van der Waals surface area contributed by atoms with Crippen LogP contribution in [0.2, 0.25) is 0 Å². The van der Waals surface area contributed by atoms with Gasteiger partial charge in [0.25, 0.3) is 5.91 Å². The monoisotopic (exact) mass is 487 g/mol. The van der Waals surface area contributed by atoms with Crippen molar-refractivity contribution in [3.8, 4) is 0 Å². The number of esters is 1. The van der Waals surface area contributed by atoms with Crippen LogP contribution in [0, 0.1) is 0 Å². The number of anilines is 1. The fourth-order valence-corrected chi connectivity index (χ4v) is 5.58. The smallest absolute Gasteiger partial charge is 0.307 e. The molecule has 2 aromatic carbocycles. The standard InChI is InChI=1S/C23H29N5O5S/c1-2-33-21(29)15-19-10-3-4-12-28(19)34(31,32)20-11-6-9-18(14-20)26-22(30)16-7-5-8-17(13-16)27-23(24)25/h5-9,11,13-14,19H,2-4,10,12,15H2,1H3,(H,26,30)(H4,24,25,27). The summed E-state index contributed by atoms with van der Waals surface area (Å²) in [5.41, 5.74) is 11.8. The molecular formula is C23H29N5O5S. The topological polar surface area (TPSA) is 157 Å². The molecule has 1 aliphatic heterocycles. The molecule has 0 spiro atoms. The lowest BCUT2D eigenvalue weighted by molar-refractivity contribution is -0.144. The highest BCUT2D eigenvalue weighted by Crippen LogP contribution is 2.28. The number of nitrogens with one attached hydrogen (secondary N) is 1. The second-order valence-corrected chi connectivity index (χ2v) is 9.73. The maximum Gasteiger partial charge on any atom is 0.307 e. The molecule has 182 valence electrons. The molecule has 1 fully saturated rings. The molecule has 0 aliphatic carbocycles. The summed E-state index contributed by atoms with van der Waals surface area (Å²) in [6.45, 7) is 2.28. The van der Waals surface area contributed by atoms with Crippen molar-refractivity contribution < 1.29 is 22.7 Å². The van der Waals surface area contributed by atoms with E-state index in [1.807, 2.05) is 0 Å². The summed E-state index contributed by atoms with van der Waals surface area (Å²) in [5.74, 6) is -0.992. The van der Waals surface area contributed by atoms with Crippen molar-refractivity contribution in [2.45, 2.75) is 43.5 Å². The lowest BCUT2D eigenvalue weighted by atomic mass is 10.0. The maximum atomic E-state index is 13.4. The number of carbonyl (C=O) groups is 2. The van der Waals surface area contributed by atoms with Crippen LogP contribution in [0.4, 0.5) is 11.4 Å². The van der Waals surface area contributed by atoms with E-state index in [9.17, 15) is 18.0 Å². The van der Waals surface area contributed by atoms with Crippen LogP contribution in [0.3, 0.4) is 0 Å². The molecule has 1 saturated heterocycles. The Morgan fingerprint density at radius 3 is 2.65 bits per heavy atom. The fraction of sp³-hybridized carbons (Fsp3) is 0.348. The number of nitrogens with zero attached hydrogens (tertiary/aromatic N) is 2. The van der Waals surface area contributed by atoms with Gasteiger partial charge in [0, 0.05) is 23.8 Å². The van der Waals surface area contributed by atoms with E-state index in [4.69, 9.17) is 16.2 Å². The zero-order valence-corrected chi connectivity index (χ0v) is 19.8. The summed E-state index contributed by atoms with van der Waals surface area (Å²) >= 11 is 0. The van der Waals surface area contributed by atoms with E-state index in [1.54, 1.807) is 37.3 Å². The van der Waals surface area contributed by atoms with E-state index < -0.39 is 27.9 Å². The molecule has 10 nitrogen and oxygen atoms in total. The number of ether oxygens (including phenoxy) is 1. The van der Waals surface area contributed by atoms with Crippen LogP contribution in [0.5, 0.6) is 0 Å². The molecule has 1 heterocycles. The van der Waals surface area contributed by atoms with E-state index in [0.29, 0.717) is 36.3 Å². The minimum atomic E-state index is -3.89. The molecule has 11 heteroatoms. The Kier molecular flexibility index (Phi) is 8.24. The molecule has 1 unspecified atom stereocenters. The fourth-order valence-electron chi connectivity index (χ4n) is 3.85. The van der Waals surface area contributed by atoms with E-state index in [-0.39, 0.29) is 23.9 Å². The molecule has 3 rings (SSSR count). The average molecular weight is 488 g/mol. The van der Waals surface area contributed by atoms with E-state index >= 15 is 0 Å². The number of nitrogens with two attached hydrogens (primary N) is 2. The van der Waals surface area contributed by atoms with Crippen molar-refractivity contribution in [3.05, 3.63) is 54.1 Å². The molecule has 0 radical (unpaired) electrons. The summed E-state index contributed by atoms with van der Waals surface area (Å²) in [7, 11) is -3.89. The van der Waals surface area contributed by atoms with Crippen molar-refractivity contribution >= 4 is 39.2 Å². The number of sulfonamides is 1. The number of piperidine rings is 1. The lowest BCUT2D eigenvalue weighted by Crippen LogP contribution is -2.44. The summed E-state index contributed by atoms with van der Waals surface area (Å²) in [6, 6.07) is 12.0. The molecule has 0 bridgehead atoms. The van der Waals surface area contributed by atoms with Crippen molar-refractivity contribution in [1.82, 2.24) is 4.31 Å². The second-order valence-electron chi connectivity index (χ2n) is 7.84. The van der Waals surface area contributed by atoms with Crippen molar-refractivity contribution in [3.63, 3.8) is 0 Å². The molecule has 34 heavy (non-hydrogen) atoms. The van der Waals surface area contributed by atoms with Crippen molar-refractivity contribution in [2.75, 3.05) is 18.5 Å². The van der Waals surface area contributed by atoms with Gasteiger partial charge in [-0.2, -0.15) is 4.31 Å². The number of benzene rings is 2. The molecule has 2 aromatic rings. The first kappa shape index (κ1) is 25.2. The maximum absolute atomic E-state index is 13.4. The van der Waals surface area contributed by atoms with Crippen LogP contribution >= 0.6 is 0 Å². The van der Waals surface area contributed by atoms with E-state index in [2.05, 4.69) is 10.3 Å². The first-order chi connectivity index (χ1) is 16.2. The second kappa shape index (κ2) is 11.1. The van der Waals surface area contributed by atoms with Crippen molar-refractivity contribution in [2.24, 2.45) is 16.5 Å². The van der Waals surface area contributed by atoms with Gasteiger partial charge in [-0.1, -0.05) is 18.6 Å².